The quantitative estimate of drug-likeness (QED) is 0.0341. The van der Waals surface area contributed by atoms with Crippen LogP contribution in [0.15, 0.2) is 0 Å². The molecule has 0 unspecified atom stereocenters. The Bertz CT molecular complexity index is 913. The van der Waals surface area contributed by atoms with Gasteiger partial charge in [0.25, 0.3) is 0 Å². The van der Waals surface area contributed by atoms with Gasteiger partial charge in [-0.3, -0.25) is 9.59 Å². The summed E-state index contributed by atoms with van der Waals surface area (Å²) in [6.07, 6.45) is 19.3. The van der Waals surface area contributed by atoms with Crippen LogP contribution < -0.4 is 10.6 Å². The van der Waals surface area contributed by atoms with E-state index in [4.69, 9.17) is 9.47 Å². The molecular formula is C43H84N2O10. The Hall–Kier alpha value is -1.38. The summed E-state index contributed by atoms with van der Waals surface area (Å²) in [5.41, 5.74) is 0. The van der Waals surface area contributed by atoms with Gasteiger partial charge < -0.3 is 50.7 Å². The SMILES string of the molecule is CCCCCCCCCCCCCC[C@@H](O)[C@@H](O)[C@H](CO[C@H]1O[C@H](CO)[C@H](O)[C@H](O)[C@H]1O)NC(=O)CCCCCCCCNC(=O)CCCCCCCCC. The molecule has 0 aromatic rings. The number of ether oxygens (including phenoxy) is 2. The van der Waals surface area contributed by atoms with E-state index >= 15 is 0 Å². The molecule has 8 atom stereocenters. The van der Waals surface area contributed by atoms with E-state index in [9.17, 15) is 40.2 Å². The van der Waals surface area contributed by atoms with Gasteiger partial charge in [0.2, 0.25) is 11.8 Å². The molecular weight excluding hydrogens is 704 g/mol. The fraction of sp³-hybridized carbons (Fsp3) is 0.953. The van der Waals surface area contributed by atoms with Crippen LogP contribution in [0.2, 0.25) is 0 Å². The Kier molecular flexibility index (Phi) is 32.5. The minimum Gasteiger partial charge on any atom is -0.394 e. The standard InChI is InChI=1S/C43H84N2O10/c1-3-5-7-9-11-12-13-14-15-17-20-24-28-35(47)39(50)34(33-54-43-42(53)41(52)40(51)36(32-46)55-43)45-38(49)30-26-22-18-19-23-27-31-44-37(48)29-25-21-16-10-8-6-4-2/h34-36,39-43,46-47,50-53H,3-33H2,1-2H3,(H,44,48)(H,45,49)/t34-,35+,36+,39-,40-,41-,42+,43-/m0/s1. The minimum absolute atomic E-state index is 0.137. The van der Waals surface area contributed by atoms with Crippen molar-refractivity contribution >= 4 is 11.8 Å². The van der Waals surface area contributed by atoms with Crippen molar-refractivity contribution < 1.29 is 49.7 Å². The van der Waals surface area contributed by atoms with Crippen LogP contribution in [0.3, 0.4) is 0 Å². The highest BCUT2D eigenvalue weighted by Gasteiger charge is 2.44. The van der Waals surface area contributed by atoms with Gasteiger partial charge in [-0.1, -0.05) is 155 Å². The van der Waals surface area contributed by atoms with E-state index in [-0.39, 0.29) is 24.8 Å². The molecule has 2 amide bonds. The number of carbonyl (C=O) groups excluding carboxylic acids is 2. The second-order valence-corrected chi connectivity index (χ2v) is 16.0. The van der Waals surface area contributed by atoms with Gasteiger partial charge >= 0.3 is 0 Å². The lowest BCUT2D eigenvalue weighted by Crippen LogP contribution is -2.60. The number of aliphatic hydroxyl groups is 6. The summed E-state index contributed by atoms with van der Waals surface area (Å²) in [7, 11) is 0. The van der Waals surface area contributed by atoms with Crippen molar-refractivity contribution in [3.05, 3.63) is 0 Å². The molecule has 55 heavy (non-hydrogen) atoms. The average Bonchev–Trinajstić information content (AvgIpc) is 3.18. The molecule has 0 aromatic carbocycles. The Labute approximate surface area is 333 Å². The fourth-order valence-electron chi connectivity index (χ4n) is 7.22. The Balaban J connectivity index is 2.41. The molecule has 12 heteroatoms. The predicted octanol–water partition coefficient (Wildman–Crippen LogP) is 6.09. The number of carbonyl (C=O) groups is 2. The summed E-state index contributed by atoms with van der Waals surface area (Å²) in [6, 6.07) is -1.02. The fourth-order valence-corrected chi connectivity index (χ4v) is 7.22. The van der Waals surface area contributed by atoms with Gasteiger partial charge in [-0.05, 0) is 25.7 Å². The number of hydrogen-bond acceptors (Lipinski definition) is 10. The van der Waals surface area contributed by atoms with Crippen molar-refractivity contribution in [2.75, 3.05) is 19.8 Å². The van der Waals surface area contributed by atoms with Crippen LogP contribution in [0.1, 0.15) is 194 Å². The van der Waals surface area contributed by atoms with Gasteiger partial charge in [0.15, 0.2) is 6.29 Å². The number of nitrogens with one attached hydrogen (secondary N) is 2. The molecule has 1 saturated heterocycles. The van der Waals surface area contributed by atoms with Crippen molar-refractivity contribution in [3.63, 3.8) is 0 Å². The Morgan fingerprint density at radius 1 is 0.600 bits per heavy atom. The number of aliphatic hydroxyl groups excluding tert-OH is 6. The molecule has 0 radical (unpaired) electrons. The van der Waals surface area contributed by atoms with Crippen molar-refractivity contribution in [3.8, 4) is 0 Å². The largest absolute Gasteiger partial charge is 0.394 e. The van der Waals surface area contributed by atoms with Crippen molar-refractivity contribution in [2.45, 2.75) is 243 Å². The van der Waals surface area contributed by atoms with E-state index in [2.05, 4.69) is 24.5 Å². The molecule has 8 N–H and O–H groups in total. The van der Waals surface area contributed by atoms with Crippen LogP contribution in [0.25, 0.3) is 0 Å². The maximum Gasteiger partial charge on any atom is 0.220 e. The molecule has 1 aliphatic rings. The van der Waals surface area contributed by atoms with E-state index in [0.29, 0.717) is 25.8 Å². The van der Waals surface area contributed by atoms with E-state index in [1.54, 1.807) is 0 Å². The predicted molar refractivity (Wildman–Crippen MR) is 217 cm³/mol. The van der Waals surface area contributed by atoms with Crippen LogP contribution in [0, 0.1) is 0 Å². The first-order chi connectivity index (χ1) is 26.7. The van der Waals surface area contributed by atoms with Crippen molar-refractivity contribution in [1.82, 2.24) is 10.6 Å². The van der Waals surface area contributed by atoms with Gasteiger partial charge in [-0.15, -0.1) is 0 Å². The van der Waals surface area contributed by atoms with Crippen LogP contribution >= 0.6 is 0 Å². The lowest BCUT2D eigenvalue weighted by atomic mass is 9.98. The Morgan fingerprint density at radius 3 is 1.56 bits per heavy atom. The Morgan fingerprint density at radius 2 is 1.05 bits per heavy atom. The molecule has 1 rings (SSSR count). The normalized spacial score (nSPS) is 21.6. The lowest BCUT2D eigenvalue weighted by molar-refractivity contribution is -0.303. The van der Waals surface area contributed by atoms with E-state index in [1.165, 1.54) is 83.5 Å². The smallest absolute Gasteiger partial charge is 0.220 e. The molecule has 326 valence electrons. The van der Waals surface area contributed by atoms with E-state index in [1.807, 2.05) is 0 Å². The maximum atomic E-state index is 13.0. The molecule has 0 aliphatic carbocycles. The molecule has 0 saturated carbocycles. The van der Waals surface area contributed by atoms with Crippen LogP contribution in [0.5, 0.6) is 0 Å². The summed E-state index contributed by atoms with van der Waals surface area (Å²) < 4.78 is 11.1. The van der Waals surface area contributed by atoms with Crippen LogP contribution in [-0.4, -0.2) is 111 Å². The monoisotopic (exact) mass is 789 g/mol. The second-order valence-electron chi connectivity index (χ2n) is 16.0. The minimum atomic E-state index is -1.62. The van der Waals surface area contributed by atoms with Crippen molar-refractivity contribution in [2.24, 2.45) is 0 Å². The summed E-state index contributed by atoms with van der Waals surface area (Å²) in [5.74, 6) is -0.166. The first kappa shape index (κ1) is 51.6. The molecule has 12 nitrogen and oxygen atoms in total. The molecule has 0 bridgehead atoms. The number of unbranched alkanes of at least 4 members (excludes halogenated alkanes) is 22. The van der Waals surface area contributed by atoms with Gasteiger partial charge in [-0.2, -0.15) is 0 Å². The zero-order chi connectivity index (χ0) is 40.5. The zero-order valence-corrected chi connectivity index (χ0v) is 34.9. The number of amides is 2. The van der Waals surface area contributed by atoms with Crippen LogP contribution in [-0.2, 0) is 19.1 Å². The average molecular weight is 789 g/mol. The highest BCUT2D eigenvalue weighted by molar-refractivity contribution is 5.76. The zero-order valence-electron chi connectivity index (χ0n) is 34.9. The third-order valence-electron chi connectivity index (χ3n) is 11.0. The van der Waals surface area contributed by atoms with Crippen LogP contribution in [0.4, 0.5) is 0 Å². The molecule has 1 heterocycles. The molecule has 1 aliphatic heterocycles. The van der Waals surface area contributed by atoms with Gasteiger partial charge in [0, 0.05) is 19.4 Å². The number of hydrogen-bond donors (Lipinski definition) is 8. The van der Waals surface area contributed by atoms with E-state index < -0.39 is 55.6 Å². The summed E-state index contributed by atoms with van der Waals surface area (Å²) in [6.45, 7) is 4.19. The topological polar surface area (TPSA) is 198 Å². The summed E-state index contributed by atoms with van der Waals surface area (Å²) in [5, 5.41) is 68.0. The maximum absolute atomic E-state index is 13.0. The second kappa shape index (κ2) is 34.6. The van der Waals surface area contributed by atoms with Gasteiger partial charge in [0.1, 0.15) is 30.5 Å². The lowest BCUT2D eigenvalue weighted by Gasteiger charge is -2.40. The third kappa shape index (κ3) is 25.6. The van der Waals surface area contributed by atoms with Gasteiger partial charge in [0.05, 0.1) is 25.4 Å². The molecule has 1 fully saturated rings. The summed E-state index contributed by atoms with van der Waals surface area (Å²) in [4.78, 5) is 25.0. The third-order valence-corrected chi connectivity index (χ3v) is 11.0. The van der Waals surface area contributed by atoms with Gasteiger partial charge in [-0.25, -0.2) is 0 Å². The van der Waals surface area contributed by atoms with E-state index in [0.717, 1.165) is 70.6 Å². The van der Waals surface area contributed by atoms with Crippen molar-refractivity contribution in [1.29, 1.82) is 0 Å². The first-order valence-electron chi connectivity index (χ1n) is 22.5. The highest BCUT2D eigenvalue weighted by Crippen LogP contribution is 2.23. The molecule has 0 spiro atoms. The number of rotatable bonds is 37. The highest BCUT2D eigenvalue weighted by atomic mass is 16.7. The summed E-state index contributed by atoms with van der Waals surface area (Å²) >= 11 is 0. The first-order valence-corrected chi connectivity index (χ1v) is 22.5. The molecule has 0 aromatic heterocycles.